The Labute approximate surface area is 124 Å². The van der Waals surface area contributed by atoms with E-state index in [4.69, 9.17) is 16.3 Å². The summed E-state index contributed by atoms with van der Waals surface area (Å²) >= 11 is 6.04. The molecule has 1 aromatic heterocycles. The Bertz CT molecular complexity index is 632. The second kappa shape index (κ2) is 6.22. The molecule has 0 saturated heterocycles. The zero-order valence-corrected chi connectivity index (χ0v) is 11.8. The van der Waals surface area contributed by atoms with Gasteiger partial charge in [0.2, 0.25) is 0 Å². The van der Waals surface area contributed by atoms with E-state index in [0.717, 1.165) is 6.07 Å². The average Bonchev–Trinajstić information content (AvgIpc) is 2.45. The Kier molecular flexibility index (Phi) is 4.57. The van der Waals surface area contributed by atoms with Crippen molar-refractivity contribution >= 4 is 17.4 Å². The molecular weight excluding hydrogens is 305 g/mol. The maximum Gasteiger partial charge on any atom is 0.419 e. The number of hydrogen-bond donors (Lipinski definition) is 1. The lowest BCUT2D eigenvalue weighted by atomic mass is 10.2. The zero-order valence-electron chi connectivity index (χ0n) is 11.0. The molecule has 0 saturated carbocycles. The van der Waals surface area contributed by atoms with Crippen LogP contribution in [0.15, 0.2) is 36.5 Å². The number of methoxy groups -OCH3 is 1. The SMILES string of the molecule is COc1cccc(Cl)c1CNc1ncccc1C(F)(F)F. The van der Waals surface area contributed by atoms with E-state index in [0.29, 0.717) is 16.3 Å². The van der Waals surface area contributed by atoms with Gasteiger partial charge >= 0.3 is 6.18 Å². The van der Waals surface area contributed by atoms with Gasteiger partial charge in [0.15, 0.2) is 0 Å². The lowest BCUT2D eigenvalue weighted by molar-refractivity contribution is -0.137. The largest absolute Gasteiger partial charge is 0.496 e. The molecular formula is C14H12ClF3N2O. The van der Waals surface area contributed by atoms with Crippen LogP contribution in [0.2, 0.25) is 5.02 Å². The predicted octanol–water partition coefficient (Wildman–Crippen LogP) is 4.37. The van der Waals surface area contributed by atoms with E-state index < -0.39 is 11.7 Å². The minimum absolute atomic E-state index is 0.0724. The molecule has 2 rings (SSSR count). The highest BCUT2D eigenvalue weighted by Gasteiger charge is 2.34. The first-order chi connectivity index (χ1) is 9.93. The van der Waals surface area contributed by atoms with Crippen LogP contribution < -0.4 is 10.1 Å². The van der Waals surface area contributed by atoms with Crippen LogP contribution in [0.3, 0.4) is 0 Å². The zero-order chi connectivity index (χ0) is 15.5. The lowest BCUT2D eigenvalue weighted by Crippen LogP contribution is -2.12. The highest BCUT2D eigenvalue weighted by Crippen LogP contribution is 2.34. The number of anilines is 1. The first kappa shape index (κ1) is 15.4. The Balaban J connectivity index is 2.26. The number of ether oxygens (including phenoxy) is 1. The molecule has 0 aliphatic rings. The number of alkyl halides is 3. The molecule has 0 fully saturated rings. The third-order valence-electron chi connectivity index (χ3n) is 2.84. The number of hydrogen-bond acceptors (Lipinski definition) is 3. The van der Waals surface area contributed by atoms with Gasteiger partial charge in [0.1, 0.15) is 11.6 Å². The molecule has 0 atom stereocenters. The van der Waals surface area contributed by atoms with Crippen LogP contribution in [0.5, 0.6) is 5.75 Å². The summed E-state index contributed by atoms with van der Waals surface area (Å²) in [6, 6.07) is 7.24. The quantitative estimate of drug-likeness (QED) is 0.909. The van der Waals surface area contributed by atoms with Crippen LogP contribution in [0.25, 0.3) is 0 Å². The maximum atomic E-state index is 12.9. The third kappa shape index (κ3) is 3.58. The first-order valence-electron chi connectivity index (χ1n) is 6.01. The molecule has 1 aromatic carbocycles. The van der Waals surface area contributed by atoms with Gasteiger partial charge in [0, 0.05) is 23.3 Å². The standard InChI is InChI=1S/C14H12ClF3N2O/c1-21-12-6-2-5-11(15)9(12)8-20-13-10(14(16,17)18)4-3-7-19-13/h2-7H,8H2,1H3,(H,19,20). The van der Waals surface area contributed by atoms with Crippen LogP contribution in [-0.2, 0) is 12.7 Å². The number of benzene rings is 1. The van der Waals surface area contributed by atoms with Gasteiger partial charge in [0.25, 0.3) is 0 Å². The molecule has 3 nitrogen and oxygen atoms in total. The second-order valence-electron chi connectivity index (χ2n) is 4.17. The van der Waals surface area contributed by atoms with Crippen LogP contribution in [0.4, 0.5) is 19.0 Å². The molecule has 1 heterocycles. The van der Waals surface area contributed by atoms with E-state index >= 15 is 0 Å². The summed E-state index contributed by atoms with van der Waals surface area (Å²) in [5.41, 5.74) is -0.253. The summed E-state index contributed by atoms with van der Waals surface area (Å²) in [4.78, 5) is 3.73. The van der Waals surface area contributed by atoms with Gasteiger partial charge in [-0.2, -0.15) is 13.2 Å². The minimum atomic E-state index is -4.47. The van der Waals surface area contributed by atoms with Crippen molar-refractivity contribution in [3.63, 3.8) is 0 Å². The van der Waals surface area contributed by atoms with Gasteiger partial charge in [0.05, 0.1) is 12.7 Å². The van der Waals surface area contributed by atoms with E-state index in [-0.39, 0.29) is 12.4 Å². The number of halogens is 4. The highest BCUT2D eigenvalue weighted by atomic mass is 35.5. The van der Waals surface area contributed by atoms with Crippen molar-refractivity contribution in [3.8, 4) is 5.75 Å². The fourth-order valence-electron chi connectivity index (χ4n) is 1.85. The Morgan fingerprint density at radius 3 is 2.67 bits per heavy atom. The number of pyridine rings is 1. The molecule has 1 N–H and O–H groups in total. The molecule has 0 bridgehead atoms. The normalized spacial score (nSPS) is 11.3. The minimum Gasteiger partial charge on any atom is -0.496 e. The highest BCUT2D eigenvalue weighted by molar-refractivity contribution is 6.31. The summed E-state index contributed by atoms with van der Waals surface area (Å²) in [6.45, 7) is 0.0724. The van der Waals surface area contributed by atoms with Crippen LogP contribution >= 0.6 is 11.6 Å². The topological polar surface area (TPSA) is 34.1 Å². The van der Waals surface area contributed by atoms with E-state index in [2.05, 4.69) is 10.3 Å². The van der Waals surface area contributed by atoms with Gasteiger partial charge < -0.3 is 10.1 Å². The monoisotopic (exact) mass is 316 g/mol. The van der Waals surface area contributed by atoms with Gasteiger partial charge in [-0.05, 0) is 24.3 Å². The molecule has 0 spiro atoms. The van der Waals surface area contributed by atoms with Crippen molar-refractivity contribution in [2.75, 3.05) is 12.4 Å². The molecule has 0 unspecified atom stereocenters. The van der Waals surface area contributed by atoms with Gasteiger partial charge in [-0.25, -0.2) is 4.98 Å². The molecule has 112 valence electrons. The number of rotatable bonds is 4. The first-order valence-corrected chi connectivity index (χ1v) is 6.38. The van der Waals surface area contributed by atoms with Gasteiger partial charge in [-0.3, -0.25) is 0 Å². The molecule has 0 aliphatic carbocycles. The summed E-state index contributed by atoms with van der Waals surface area (Å²) in [5, 5.41) is 3.06. The molecule has 2 aromatic rings. The summed E-state index contributed by atoms with van der Waals surface area (Å²) in [6.07, 6.45) is -3.18. The Morgan fingerprint density at radius 1 is 1.24 bits per heavy atom. The van der Waals surface area contributed by atoms with Gasteiger partial charge in [-0.15, -0.1) is 0 Å². The van der Waals surface area contributed by atoms with E-state index in [9.17, 15) is 13.2 Å². The third-order valence-corrected chi connectivity index (χ3v) is 3.20. The fourth-order valence-corrected chi connectivity index (χ4v) is 2.08. The summed E-state index contributed by atoms with van der Waals surface area (Å²) in [5.74, 6) is 0.256. The fraction of sp³-hybridized carbons (Fsp3) is 0.214. The van der Waals surface area contributed by atoms with Crippen LogP contribution in [-0.4, -0.2) is 12.1 Å². The second-order valence-corrected chi connectivity index (χ2v) is 4.58. The molecule has 0 amide bonds. The van der Waals surface area contributed by atoms with Crippen molar-refractivity contribution in [1.82, 2.24) is 4.98 Å². The number of nitrogens with zero attached hydrogens (tertiary/aromatic N) is 1. The smallest absolute Gasteiger partial charge is 0.419 e. The van der Waals surface area contributed by atoms with E-state index in [1.165, 1.54) is 19.4 Å². The van der Waals surface area contributed by atoms with Gasteiger partial charge in [-0.1, -0.05) is 17.7 Å². The number of aromatic nitrogens is 1. The van der Waals surface area contributed by atoms with Crippen molar-refractivity contribution in [1.29, 1.82) is 0 Å². The molecule has 0 radical (unpaired) electrons. The summed E-state index contributed by atoms with van der Waals surface area (Å²) < 4.78 is 43.7. The van der Waals surface area contributed by atoms with E-state index in [1.54, 1.807) is 18.2 Å². The Hall–Kier alpha value is -1.95. The summed E-state index contributed by atoms with van der Waals surface area (Å²) in [7, 11) is 1.47. The van der Waals surface area contributed by atoms with Crippen molar-refractivity contribution < 1.29 is 17.9 Å². The number of nitrogens with one attached hydrogen (secondary N) is 1. The molecule has 0 aliphatic heterocycles. The van der Waals surface area contributed by atoms with E-state index in [1.807, 2.05) is 0 Å². The molecule has 21 heavy (non-hydrogen) atoms. The van der Waals surface area contributed by atoms with Crippen molar-refractivity contribution in [2.45, 2.75) is 12.7 Å². The van der Waals surface area contributed by atoms with Crippen LogP contribution in [0, 0.1) is 0 Å². The molecule has 7 heteroatoms. The lowest BCUT2D eigenvalue weighted by Gasteiger charge is -2.15. The van der Waals surface area contributed by atoms with Crippen molar-refractivity contribution in [2.24, 2.45) is 0 Å². The maximum absolute atomic E-state index is 12.9. The van der Waals surface area contributed by atoms with Crippen molar-refractivity contribution in [3.05, 3.63) is 52.7 Å². The average molecular weight is 317 g/mol. The Morgan fingerprint density at radius 2 is 2.00 bits per heavy atom. The predicted molar refractivity (Wildman–Crippen MR) is 74.6 cm³/mol. The van der Waals surface area contributed by atoms with Crippen LogP contribution in [0.1, 0.15) is 11.1 Å².